The molecule has 0 amide bonds. The number of nitrogens with one attached hydrogen (secondary N) is 1. The molecule has 0 aliphatic heterocycles. The number of rotatable bonds is 6. The fourth-order valence-corrected chi connectivity index (χ4v) is 4.19. The van der Waals surface area contributed by atoms with Crippen LogP contribution in [0, 0.1) is 23.6 Å². The highest BCUT2D eigenvalue weighted by atomic mass is 79.9. The molecule has 118 valence electrons. The van der Waals surface area contributed by atoms with Crippen molar-refractivity contribution in [2.45, 2.75) is 46.0 Å². The van der Waals surface area contributed by atoms with E-state index in [0.29, 0.717) is 5.92 Å². The molecule has 0 radical (unpaired) electrons. The van der Waals surface area contributed by atoms with Gasteiger partial charge in [0.2, 0.25) is 0 Å². The molecule has 1 nitrogen and oxygen atoms in total. The molecule has 21 heavy (non-hydrogen) atoms. The fourth-order valence-electron chi connectivity index (χ4n) is 3.67. The van der Waals surface area contributed by atoms with E-state index in [9.17, 15) is 4.39 Å². The maximum absolute atomic E-state index is 13.6. The number of hydrogen-bond acceptors (Lipinski definition) is 1. The van der Waals surface area contributed by atoms with Crippen LogP contribution in [0.2, 0.25) is 0 Å². The minimum absolute atomic E-state index is 0.134. The summed E-state index contributed by atoms with van der Waals surface area (Å²) >= 11 is 3.41. The van der Waals surface area contributed by atoms with Crippen molar-refractivity contribution in [3.8, 4) is 0 Å². The molecule has 3 atom stereocenters. The van der Waals surface area contributed by atoms with E-state index in [1.165, 1.54) is 31.7 Å². The van der Waals surface area contributed by atoms with Gasteiger partial charge in [0.25, 0.3) is 0 Å². The molecule has 1 fully saturated rings. The zero-order valence-corrected chi connectivity index (χ0v) is 14.8. The summed E-state index contributed by atoms with van der Waals surface area (Å²) in [7, 11) is 0. The summed E-state index contributed by atoms with van der Waals surface area (Å²) < 4.78 is 14.4. The fraction of sp³-hybridized carbons (Fsp3) is 0.667. The van der Waals surface area contributed by atoms with Gasteiger partial charge in [0.15, 0.2) is 0 Å². The second-order valence-electron chi connectivity index (χ2n) is 6.40. The van der Waals surface area contributed by atoms with Gasteiger partial charge >= 0.3 is 0 Å². The molecule has 0 aromatic heterocycles. The van der Waals surface area contributed by atoms with Gasteiger partial charge in [-0.1, -0.05) is 42.6 Å². The molecule has 1 aromatic carbocycles. The number of halogens is 2. The van der Waals surface area contributed by atoms with E-state index in [2.05, 4.69) is 41.2 Å². The minimum Gasteiger partial charge on any atom is -0.317 e. The van der Waals surface area contributed by atoms with Crippen LogP contribution in [0.3, 0.4) is 0 Å². The van der Waals surface area contributed by atoms with E-state index < -0.39 is 0 Å². The predicted molar refractivity (Wildman–Crippen MR) is 91.0 cm³/mol. The Bertz CT molecular complexity index is 429. The Labute approximate surface area is 136 Å². The molecule has 3 heteroatoms. The predicted octanol–water partition coefficient (Wildman–Crippen LogP) is 5.18. The number of benzene rings is 1. The maximum atomic E-state index is 13.6. The molecule has 0 spiro atoms. The molecular formula is C18H27BrFN. The minimum atomic E-state index is -0.134. The molecule has 0 bridgehead atoms. The van der Waals surface area contributed by atoms with Gasteiger partial charge in [0.1, 0.15) is 5.82 Å². The van der Waals surface area contributed by atoms with Crippen molar-refractivity contribution in [3.05, 3.63) is 34.1 Å². The SMILES string of the molecule is CCNCC1CCC(CC)CC1Cc1cc(F)cc(Br)c1. The first kappa shape index (κ1) is 17.0. The first-order valence-electron chi connectivity index (χ1n) is 8.28. The highest BCUT2D eigenvalue weighted by Gasteiger charge is 2.29. The Morgan fingerprint density at radius 1 is 1.19 bits per heavy atom. The molecule has 0 heterocycles. The highest BCUT2D eigenvalue weighted by molar-refractivity contribution is 9.10. The van der Waals surface area contributed by atoms with E-state index in [1.807, 2.05) is 0 Å². The molecule has 1 aliphatic carbocycles. The third-order valence-corrected chi connectivity index (χ3v) is 5.36. The third-order valence-electron chi connectivity index (χ3n) is 4.90. The van der Waals surface area contributed by atoms with Crippen molar-refractivity contribution in [1.82, 2.24) is 5.32 Å². The lowest BCUT2D eigenvalue weighted by Gasteiger charge is -2.36. The summed E-state index contributed by atoms with van der Waals surface area (Å²) in [4.78, 5) is 0. The third kappa shape index (κ3) is 5.07. The van der Waals surface area contributed by atoms with Crippen LogP contribution in [0.5, 0.6) is 0 Å². The van der Waals surface area contributed by atoms with Crippen LogP contribution in [-0.4, -0.2) is 13.1 Å². The smallest absolute Gasteiger partial charge is 0.124 e. The van der Waals surface area contributed by atoms with Gasteiger partial charge in [-0.15, -0.1) is 0 Å². The summed E-state index contributed by atoms with van der Waals surface area (Å²) in [5.41, 5.74) is 1.13. The lowest BCUT2D eigenvalue weighted by Crippen LogP contribution is -2.34. The zero-order chi connectivity index (χ0) is 15.2. The van der Waals surface area contributed by atoms with Crippen LogP contribution in [0.1, 0.15) is 45.1 Å². The summed E-state index contributed by atoms with van der Waals surface area (Å²) in [6.45, 7) is 6.60. The van der Waals surface area contributed by atoms with Gasteiger partial charge in [0.05, 0.1) is 0 Å². The highest BCUT2D eigenvalue weighted by Crippen LogP contribution is 2.37. The van der Waals surface area contributed by atoms with Crippen molar-refractivity contribution in [2.24, 2.45) is 17.8 Å². The summed E-state index contributed by atoms with van der Waals surface area (Å²) in [5.74, 6) is 2.13. The van der Waals surface area contributed by atoms with Crippen molar-refractivity contribution in [1.29, 1.82) is 0 Å². The molecule has 1 saturated carbocycles. The largest absolute Gasteiger partial charge is 0.317 e. The quantitative estimate of drug-likeness (QED) is 0.740. The molecule has 3 unspecified atom stereocenters. The first-order valence-corrected chi connectivity index (χ1v) is 9.07. The van der Waals surface area contributed by atoms with Crippen LogP contribution in [0.15, 0.2) is 22.7 Å². The average molecular weight is 356 g/mol. The topological polar surface area (TPSA) is 12.0 Å². The van der Waals surface area contributed by atoms with E-state index in [-0.39, 0.29) is 5.82 Å². The summed E-state index contributed by atoms with van der Waals surface area (Å²) in [6.07, 6.45) is 6.24. The summed E-state index contributed by atoms with van der Waals surface area (Å²) in [5, 5.41) is 3.51. The van der Waals surface area contributed by atoms with E-state index in [0.717, 1.165) is 41.4 Å². The molecule has 1 aromatic rings. The molecular weight excluding hydrogens is 329 g/mol. The van der Waals surface area contributed by atoms with Crippen molar-refractivity contribution in [2.75, 3.05) is 13.1 Å². The van der Waals surface area contributed by atoms with Gasteiger partial charge in [0, 0.05) is 4.47 Å². The maximum Gasteiger partial charge on any atom is 0.124 e. The van der Waals surface area contributed by atoms with Crippen LogP contribution in [-0.2, 0) is 6.42 Å². The zero-order valence-electron chi connectivity index (χ0n) is 13.2. The van der Waals surface area contributed by atoms with Crippen LogP contribution >= 0.6 is 15.9 Å². The molecule has 1 aliphatic rings. The van der Waals surface area contributed by atoms with E-state index >= 15 is 0 Å². The molecule has 1 N–H and O–H groups in total. The monoisotopic (exact) mass is 355 g/mol. The lowest BCUT2D eigenvalue weighted by molar-refractivity contribution is 0.172. The summed E-state index contributed by atoms with van der Waals surface area (Å²) in [6, 6.07) is 5.31. The Kier molecular flexibility index (Phi) is 6.69. The standard InChI is InChI=1S/C18H27BrFN/c1-3-13-5-6-15(12-21-4-2)16(7-13)8-14-9-17(19)11-18(20)10-14/h9-11,13,15-16,21H,3-8,12H2,1-2H3. The van der Waals surface area contributed by atoms with E-state index in [1.54, 1.807) is 6.07 Å². The van der Waals surface area contributed by atoms with Gasteiger partial charge in [-0.2, -0.15) is 0 Å². The van der Waals surface area contributed by atoms with Crippen LogP contribution < -0.4 is 5.32 Å². The average Bonchev–Trinajstić information content (AvgIpc) is 2.44. The van der Waals surface area contributed by atoms with E-state index in [4.69, 9.17) is 0 Å². The van der Waals surface area contributed by atoms with Crippen LogP contribution in [0.25, 0.3) is 0 Å². The Balaban J connectivity index is 2.07. The Hall–Kier alpha value is -0.410. The Morgan fingerprint density at radius 3 is 2.67 bits per heavy atom. The normalized spacial score (nSPS) is 26.0. The van der Waals surface area contributed by atoms with Gasteiger partial charge in [-0.05, 0) is 73.9 Å². The Morgan fingerprint density at radius 2 is 2.00 bits per heavy atom. The second-order valence-corrected chi connectivity index (χ2v) is 7.31. The van der Waals surface area contributed by atoms with Crippen LogP contribution in [0.4, 0.5) is 4.39 Å². The second kappa shape index (κ2) is 8.28. The molecule has 0 saturated heterocycles. The van der Waals surface area contributed by atoms with Gasteiger partial charge in [-0.25, -0.2) is 4.39 Å². The van der Waals surface area contributed by atoms with Crippen molar-refractivity contribution >= 4 is 15.9 Å². The van der Waals surface area contributed by atoms with Crippen molar-refractivity contribution < 1.29 is 4.39 Å². The first-order chi connectivity index (χ1) is 10.1. The lowest BCUT2D eigenvalue weighted by atomic mass is 9.71. The molecule has 2 rings (SSSR count). The van der Waals surface area contributed by atoms with Gasteiger partial charge < -0.3 is 5.32 Å². The van der Waals surface area contributed by atoms with Crippen molar-refractivity contribution in [3.63, 3.8) is 0 Å². The number of hydrogen-bond donors (Lipinski definition) is 1. The van der Waals surface area contributed by atoms with Gasteiger partial charge in [-0.3, -0.25) is 0 Å².